The number of amidine groups is 1. The number of Topliss-reactive ketones (excluding diaryl/α,β-unsaturated/α-hetero) is 1. The first-order valence-corrected chi connectivity index (χ1v) is 11.3. The van der Waals surface area contributed by atoms with Crippen molar-refractivity contribution in [3.63, 3.8) is 0 Å². The predicted molar refractivity (Wildman–Crippen MR) is 131 cm³/mol. The van der Waals surface area contributed by atoms with Crippen LogP contribution in [0.4, 0.5) is 0 Å². The van der Waals surface area contributed by atoms with Crippen molar-refractivity contribution in [1.29, 1.82) is 5.41 Å². The first kappa shape index (κ1) is 25.7. The molecule has 186 valence electrons. The van der Waals surface area contributed by atoms with Crippen molar-refractivity contribution in [2.45, 2.75) is 39.7 Å². The Kier molecular flexibility index (Phi) is 7.48. The molecule has 1 amide bonds. The second-order valence-electron chi connectivity index (χ2n) is 9.29. The van der Waals surface area contributed by atoms with Gasteiger partial charge < -0.3 is 24.8 Å². The first-order chi connectivity index (χ1) is 16.5. The molecule has 9 nitrogen and oxygen atoms in total. The molecule has 3 rings (SSSR count). The number of aliphatic carboxylic acids is 1. The molecule has 0 aliphatic carbocycles. The van der Waals surface area contributed by atoms with Crippen LogP contribution in [0.3, 0.4) is 0 Å². The first-order valence-electron chi connectivity index (χ1n) is 11.3. The normalized spacial score (nSPS) is 12.8. The minimum atomic E-state index is -1.14. The van der Waals surface area contributed by atoms with E-state index in [1.54, 1.807) is 29.2 Å². The molecule has 9 heteroatoms. The highest BCUT2D eigenvalue weighted by atomic mass is 16.5. The third kappa shape index (κ3) is 5.62. The lowest BCUT2D eigenvalue weighted by atomic mass is 9.85. The van der Waals surface area contributed by atoms with Crippen LogP contribution in [0.2, 0.25) is 0 Å². The Labute approximate surface area is 204 Å². The summed E-state index contributed by atoms with van der Waals surface area (Å²) in [7, 11) is 1.53. The molecule has 0 fully saturated rings. The van der Waals surface area contributed by atoms with Gasteiger partial charge in [-0.1, -0.05) is 26.8 Å². The maximum absolute atomic E-state index is 13.4. The average molecular weight is 482 g/mol. The van der Waals surface area contributed by atoms with E-state index in [1.165, 1.54) is 7.05 Å². The van der Waals surface area contributed by atoms with Gasteiger partial charge in [0.1, 0.15) is 17.3 Å². The van der Waals surface area contributed by atoms with Gasteiger partial charge in [-0.2, -0.15) is 0 Å². The molecule has 3 N–H and O–H groups in total. The van der Waals surface area contributed by atoms with Gasteiger partial charge in [0.2, 0.25) is 0 Å². The van der Waals surface area contributed by atoms with Crippen LogP contribution in [0.25, 0.3) is 0 Å². The van der Waals surface area contributed by atoms with E-state index in [4.69, 9.17) is 20.0 Å². The molecule has 0 saturated heterocycles. The van der Waals surface area contributed by atoms with Gasteiger partial charge in [-0.05, 0) is 47.7 Å². The van der Waals surface area contributed by atoms with Gasteiger partial charge in [0.25, 0.3) is 5.91 Å². The third-order valence-electron chi connectivity index (χ3n) is 5.74. The second kappa shape index (κ2) is 10.2. The smallest absolute Gasteiger partial charge is 0.341 e. The third-order valence-corrected chi connectivity index (χ3v) is 5.74. The van der Waals surface area contributed by atoms with Crippen molar-refractivity contribution in [2.24, 2.45) is 0 Å². The van der Waals surface area contributed by atoms with Crippen molar-refractivity contribution in [3.8, 4) is 11.5 Å². The maximum Gasteiger partial charge on any atom is 0.341 e. The number of carbonyl (C=O) groups is 3. The topological polar surface area (TPSA) is 129 Å². The Morgan fingerprint density at radius 1 is 1.09 bits per heavy atom. The molecule has 0 bridgehead atoms. The average Bonchev–Trinajstić information content (AvgIpc) is 3.10. The zero-order chi connectivity index (χ0) is 25.9. The molecule has 35 heavy (non-hydrogen) atoms. The second-order valence-corrected chi connectivity index (χ2v) is 9.29. The number of amides is 1. The SMILES string of the molecule is CCOc1cc2c(cc1C(=O)NC)C(=N)N(CC(=O)c1cc(C(C)(C)C)ccc1OCC(=O)O)C2. The molecule has 2 aromatic carbocycles. The van der Waals surface area contributed by atoms with Gasteiger partial charge >= 0.3 is 5.97 Å². The molecule has 0 unspecified atom stereocenters. The molecule has 0 radical (unpaired) electrons. The molecule has 1 aliphatic heterocycles. The predicted octanol–water partition coefficient (Wildman–Crippen LogP) is 3.23. The number of carboxylic acid groups (broad SMARTS) is 1. The van der Waals surface area contributed by atoms with Gasteiger partial charge in [0.05, 0.1) is 24.3 Å². The Morgan fingerprint density at radius 3 is 2.40 bits per heavy atom. The summed E-state index contributed by atoms with van der Waals surface area (Å²) in [5, 5.41) is 20.2. The lowest BCUT2D eigenvalue weighted by molar-refractivity contribution is -0.139. The van der Waals surface area contributed by atoms with E-state index in [1.807, 2.05) is 33.8 Å². The van der Waals surface area contributed by atoms with E-state index in [0.717, 1.165) is 11.1 Å². The zero-order valence-corrected chi connectivity index (χ0v) is 20.7. The van der Waals surface area contributed by atoms with Crippen LogP contribution in [-0.2, 0) is 16.8 Å². The summed E-state index contributed by atoms with van der Waals surface area (Å²) in [6.07, 6.45) is 0. The summed E-state index contributed by atoms with van der Waals surface area (Å²) in [4.78, 5) is 38.3. The highest BCUT2D eigenvalue weighted by molar-refractivity contribution is 6.08. The Bertz CT molecular complexity index is 1180. The van der Waals surface area contributed by atoms with Gasteiger partial charge in [0.15, 0.2) is 12.4 Å². The molecule has 1 aliphatic rings. The summed E-state index contributed by atoms with van der Waals surface area (Å²) in [6, 6.07) is 8.52. The summed E-state index contributed by atoms with van der Waals surface area (Å²) >= 11 is 0. The molecule has 2 aromatic rings. The minimum Gasteiger partial charge on any atom is -0.493 e. The van der Waals surface area contributed by atoms with Crippen LogP contribution < -0.4 is 14.8 Å². The van der Waals surface area contributed by atoms with Crippen LogP contribution in [0.1, 0.15) is 65.1 Å². The number of ketones is 1. The standard InChI is InChI=1S/C26H31N3O6/c1-6-34-22-9-15-12-29(24(27)17(15)11-19(22)25(33)28-5)13-20(30)18-10-16(26(2,3)4)7-8-21(18)35-14-23(31)32/h7-11,27H,6,12-14H2,1-5H3,(H,28,33)(H,31,32). The summed E-state index contributed by atoms with van der Waals surface area (Å²) in [6.45, 7) is 7.88. The van der Waals surface area contributed by atoms with Crippen molar-refractivity contribution < 1.29 is 29.0 Å². The molecule has 0 saturated carbocycles. The fraction of sp³-hybridized carbons (Fsp3) is 0.385. The van der Waals surface area contributed by atoms with Gasteiger partial charge in [0, 0.05) is 19.2 Å². The van der Waals surface area contributed by atoms with Crippen LogP contribution in [-0.4, -0.2) is 60.3 Å². The lowest BCUT2D eigenvalue weighted by Crippen LogP contribution is -2.31. The number of rotatable bonds is 9. The number of nitrogens with zero attached hydrogens (tertiary/aromatic N) is 1. The van der Waals surface area contributed by atoms with Gasteiger partial charge in [-0.3, -0.25) is 15.0 Å². The summed E-state index contributed by atoms with van der Waals surface area (Å²) < 4.78 is 11.0. The maximum atomic E-state index is 13.4. The number of benzene rings is 2. The quantitative estimate of drug-likeness (QED) is 0.469. The van der Waals surface area contributed by atoms with Crippen molar-refractivity contribution in [2.75, 3.05) is 26.8 Å². The number of carboxylic acids is 1. The fourth-order valence-corrected chi connectivity index (χ4v) is 3.89. The van der Waals surface area contributed by atoms with Crippen molar-refractivity contribution in [1.82, 2.24) is 10.2 Å². The van der Waals surface area contributed by atoms with E-state index < -0.39 is 12.6 Å². The Balaban J connectivity index is 1.91. The molecule has 0 atom stereocenters. The Morgan fingerprint density at radius 2 is 1.80 bits per heavy atom. The van der Waals surface area contributed by atoms with Crippen LogP contribution in [0, 0.1) is 5.41 Å². The molecular weight excluding hydrogens is 450 g/mol. The monoisotopic (exact) mass is 481 g/mol. The number of nitrogens with one attached hydrogen (secondary N) is 2. The zero-order valence-electron chi connectivity index (χ0n) is 20.7. The fourth-order valence-electron chi connectivity index (χ4n) is 3.89. The molecule has 1 heterocycles. The Hall–Kier alpha value is -3.88. The van der Waals surface area contributed by atoms with Crippen molar-refractivity contribution in [3.05, 3.63) is 58.1 Å². The summed E-state index contributed by atoms with van der Waals surface area (Å²) in [5.41, 5.74) is 2.61. The molecule has 0 spiro atoms. The lowest BCUT2D eigenvalue weighted by Gasteiger charge is -2.22. The number of ether oxygens (including phenoxy) is 2. The van der Waals surface area contributed by atoms with Crippen LogP contribution in [0.5, 0.6) is 11.5 Å². The number of carbonyl (C=O) groups excluding carboxylic acids is 2. The van der Waals surface area contributed by atoms with Gasteiger partial charge in [-0.25, -0.2) is 4.79 Å². The minimum absolute atomic E-state index is 0.107. The number of fused-ring (bicyclic) bond motifs is 1. The van der Waals surface area contributed by atoms with E-state index in [-0.39, 0.29) is 40.8 Å². The highest BCUT2D eigenvalue weighted by Gasteiger charge is 2.30. The van der Waals surface area contributed by atoms with E-state index in [0.29, 0.717) is 30.0 Å². The van der Waals surface area contributed by atoms with Crippen LogP contribution in [0.15, 0.2) is 30.3 Å². The van der Waals surface area contributed by atoms with Crippen molar-refractivity contribution >= 4 is 23.5 Å². The van der Waals surface area contributed by atoms with Crippen LogP contribution >= 0.6 is 0 Å². The van der Waals surface area contributed by atoms with E-state index in [2.05, 4.69) is 5.32 Å². The summed E-state index contributed by atoms with van der Waals surface area (Å²) in [5.74, 6) is -1.02. The number of hydrogen-bond donors (Lipinski definition) is 3. The van der Waals surface area contributed by atoms with E-state index >= 15 is 0 Å². The molecule has 0 aromatic heterocycles. The highest BCUT2D eigenvalue weighted by Crippen LogP contribution is 2.32. The van der Waals surface area contributed by atoms with Gasteiger partial charge in [-0.15, -0.1) is 0 Å². The molecular formula is C26H31N3O6. The number of hydrogen-bond acceptors (Lipinski definition) is 6. The largest absolute Gasteiger partial charge is 0.493 e. The van der Waals surface area contributed by atoms with E-state index in [9.17, 15) is 14.4 Å².